The highest BCUT2D eigenvalue weighted by Gasteiger charge is 2.23. The van der Waals surface area contributed by atoms with E-state index in [4.69, 9.17) is 33.3 Å². The number of carboxylic acids is 2. The van der Waals surface area contributed by atoms with Crippen molar-refractivity contribution in [2.75, 3.05) is 16.8 Å². The Balaban J connectivity index is 1.78. The molecule has 0 saturated carbocycles. The van der Waals surface area contributed by atoms with E-state index in [1.165, 1.54) is 12.1 Å². The number of anilines is 4. The van der Waals surface area contributed by atoms with E-state index in [2.05, 4.69) is 20.6 Å². The molecule has 0 fully saturated rings. The Hall–Kier alpha value is -4.12. The molecule has 1 heterocycles. The quantitative estimate of drug-likeness (QED) is 0.313. The van der Waals surface area contributed by atoms with Crippen LogP contribution in [0.2, 0.25) is 5.02 Å². The van der Waals surface area contributed by atoms with E-state index in [0.29, 0.717) is 22.3 Å². The fourth-order valence-electron chi connectivity index (χ4n) is 2.80. The minimum absolute atomic E-state index is 0.0316. The molecule has 11 nitrogen and oxygen atoms in total. The van der Waals surface area contributed by atoms with Gasteiger partial charge >= 0.3 is 11.9 Å². The van der Waals surface area contributed by atoms with E-state index in [9.17, 15) is 14.4 Å². The number of aromatic nitrogens is 2. The van der Waals surface area contributed by atoms with Crippen LogP contribution in [0.1, 0.15) is 16.8 Å². The van der Waals surface area contributed by atoms with Crippen molar-refractivity contribution >= 4 is 63.5 Å². The van der Waals surface area contributed by atoms with Crippen LogP contribution in [0.3, 0.4) is 0 Å². The summed E-state index contributed by atoms with van der Waals surface area (Å²) < 4.78 is 0. The van der Waals surface area contributed by atoms with Crippen molar-refractivity contribution in [1.29, 1.82) is 0 Å². The smallest absolute Gasteiger partial charge is 0.326 e. The van der Waals surface area contributed by atoms with Crippen LogP contribution < -0.4 is 22.1 Å². The molecule has 160 valence electrons. The highest BCUT2D eigenvalue weighted by molar-refractivity contribution is 6.39. The number of nitrogens with zero attached hydrogens (tertiary/aromatic N) is 2. The maximum absolute atomic E-state index is 12.2. The van der Waals surface area contributed by atoms with Gasteiger partial charge in [0.1, 0.15) is 11.9 Å². The van der Waals surface area contributed by atoms with Crippen LogP contribution in [0.5, 0.6) is 0 Å². The Bertz CT molecular complexity index is 1180. The van der Waals surface area contributed by atoms with Crippen molar-refractivity contribution in [1.82, 2.24) is 15.3 Å². The number of hydrogen-bond acceptors (Lipinski definition) is 8. The first-order chi connectivity index (χ1) is 14.7. The van der Waals surface area contributed by atoms with Crippen LogP contribution >= 0.6 is 11.6 Å². The first-order valence-electron chi connectivity index (χ1n) is 8.79. The van der Waals surface area contributed by atoms with Crippen LogP contribution in [-0.2, 0) is 9.59 Å². The Labute approximate surface area is 180 Å². The molecule has 1 aromatic heterocycles. The number of nitrogen functional groups attached to an aromatic ring is 2. The fourth-order valence-corrected chi connectivity index (χ4v) is 3.11. The zero-order chi connectivity index (χ0) is 22.7. The van der Waals surface area contributed by atoms with E-state index < -0.39 is 30.3 Å². The fraction of sp³-hybridized carbons (Fsp3) is 0.105. The van der Waals surface area contributed by atoms with Gasteiger partial charge in [-0.05, 0) is 36.4 Å². The molecule has 0 unspecified atom stereocenters. The van der Waals surface area contributed by atoms with Crippen molar-refractivity contribution < 1.29 is 24.6 Å². The number of fused-ring (bicyclic) bond motifs is 1. The molecule has 1 atom stereocenters. The summed E-state index contributed by atoms with van der Waals surface area (Å²) in [6.07, 6.45) is -0.736. The van der Waals surface area contributed by atoms with E-state index in [1.807, 2.05) is 0 Å². The number of carbonyl (C=O) groups is 3. The second kappa shape index (κ2) is 8.71. The number of nitrogens with one attached hydrogen (secondary N) is 2. The number of halogens is 1. The van der Waals surface area contributed by atoms with Crippen LogP contribution in [0, 0.1) is 0 Å². The Kier molecular flexibility index (Phi) is 6.07. The third-order valence-electron chi connectivity index (χ3n) is 4.25. The Morgan fingerprint density at radius 1 is 1.03 bits per heavy atom. The zero-order valence-electron chi connectivity index (χ0n) is 15.8. The SMILES string of the molecule is Nc1nc(N)c2c(Cl)c(Nc3ccc(C(=O)N[C@@H](CC(=O)O)C(=O)O)cc3)ccc2n1. The van der Waals surface area contributed by atoms with Crippen LogP contribution in [0.25, 0.3) is 10.9 Å². The van der Waals surface area contributed by atoms with Crippen LogP contribution in [0.4, 0.5) is 23.1 Å². The number of hydrogen-bond donors (Lipinski definition) is 6. The van der Waals surface area contributed by atoms with E-state index in [-0.39, 0.29) is 22.4 Å². The second-order valence-electron chi connectivity index (χ2n) is 6.45. The van der Waals surface area contributed by atoms with Gasteiger partial charge in [-0.2, -0.15) is 4.98 Å². The summed E-state index contributed by atoms with van der Waals surface area (Å²) in [5.74, 6) is -3.33. The van der Waals surface area contributed by atoms with Crippen LogP contribution in [0.15, 0.2) is 36.4 Å². The minimum Gasteiger partial charge on any atom is -0.481 e. The maximum Gasteiger partial charge on any atom is 0.326 e. The van der Waals surface area contributed by atoms with Crippen molar-refractivity contribution in [3.63, 3.8) is 0 Å². The summed E-state index contributed by atoms with van der Waals surface area (Å²) in [6.45, 7) is 0. The largest absolute Gasteiger partial charge is 0.481 e. The number of carboxylic acid groups (broad SMARTS) is 2. The molecular weight excluding hydrogens is 428 g/mol. The van der Waals surface area contributed by atoms with Gasteiger partial charge in [-0.1, -0.05) is 11.6 Å². The zero-order valence-corrected chi connectivity index (χ0v) is 16.6. The summed E-state index contributed by atoms with van der Waals surface area (Å²) in [4.78, 5) is 42.1. The van der Waals surface area contributed by atoms with Crippen molar-refractivity contribution in [3.05, 3.63) is 47.0 Å². The molecule has 31 heavy (non-hydrogen) atoms. The average molecular weight is 445 g/mol. The molecule has 8 N–H and O–H groups in total. The molecule has 0 radical (unpaired) electrons. The first-order valence-corrected chi connectivity index (χ1v) is 9.17. The number of rotatable bonds is 7. The maximum atomic E-state index is 12.2. The normalized spacial score (nSPS) is 11.6. The molecular formula is C19H17ClN6O5. The second-order valence-corrected chi connectivity index (χ2v) is 6.83. The molecule has 0 saturated heterocycles. The number of benzene rings is 2. The van der Waals surface area contributed by atoms with E-state index >= 15 is 0 Å². The molecule has 3 rings (SSSR count). The Morgan fingerprint density at radius 3 is 2.32 bits per heavy atom. The highest BCUT2D eigenvalue weighted by atomic mass is 35.5. The lowest BCUT2D eigenvalue weighted by atomic mass is 10.1. The summed E-state index contributed by atoms with van der Waals surface area (Å²) in [5, 5.41) is 23.8. The third-order valence-corrected chi connectivity index (χ3v) is 4.65. The van der Waals surface area contributed by atoms with Crippen molar-refractivity contribution in [2.45, 2.75) is 12.5 Å². The van der Waals surface area contributed by atoms with Gasteiger partial charge in [-0.3, -0.25) is 9.59 Å². The predicted octanol–water partition coefficient (Wildman–Crippen LogP) is 1.85. The monoisotopic (exact) mass is 444 g/mol. The van der Waals surface area contributed by atoms with Gasteiger partial charge in [0.05, 0.1) is 28.0 Å². The van der Waals surface area contributed by atoms with Crippen molar-refractivity contribution in [2.24, 2.45) is 0 Å². The lowest BCUT2D eigenvalue weighted by Gasteiger charge is -2.14. The topological polar surface area (TPSA) is 194 Å². The third kappa shape index (κ3) is 4.90. The molecule has 0 aliphatic rings. The molecule has 0 aliphatic carbocycles. The molecule has 3 aromatic rings. The van der Waals surface area contributed by atoms with Crippen LogP contribution in [-0.4, -0.2) is 44.1 Å². The standard InChI is InChI=1S/C19H17ClN6O5/c20-15-11(6-5-10-14(15)16(21)26-19(22)25-10)23-9-3-1-8(2-4-9)17(29)24-12(18(30)31)7-13(27)28/h1-6,12,23H,7H2,(H,24,29)(H,27,28)(H,30,31)(H4,21,22,25,26)/t12-/m0/s1. The molecule has 0 bridgehead atoms. The Morgan fingerprint density at radius 2 is 1.71 bits per heavy atom. The minimum atomic E-state index is -1.54. The lowest BCUT2D eigenvalue weighted by molar-refractivity contribution is -0.145. The number of nitrogens with two attached hydrogens (primary N) is 2. The summed E-state index contributed by atoms with van der Waals surface area (Å²) in [7, 11) is 0. The van der Waals surface area contributed by atoms with E-state index in [1.54, 1.807) is 24.3 Å². The van der Waals surface area contributed by atoms with Gasteiger partial charge < -0.3 is 32.3 Å². The van der Waals surface area contributed by atoms with Gasteiger partial charge in [-0.25, -0.2) is 9.78 Å². The van der Waals surface area contributed by atoms with Gasteiger partial charge in [0.25, 0.3) is 5.91 Å². The summed E-state index contributed by atoms with van der Waals surface area (Å²) >= 11 is 6.43. The predicted molar refractivity (Wildman–Crippen MR) is 114 cm³/mol. The first kappa shape index (κ1) is 21.6. The van der Waals surface area contributed by atoms with Gasteiger partial charge in [0.15, 0.2) is 0 Å². The van der Waals surface area contributed by atoms with Gasteiger partial charge in [-0.15, -0.1) is 0 Å². The molecule has 0 aliphatic heterocycles. The van der Waals surface area contributed by atoms with Gasteiger partial charge in [0, 0.05) is 11.3 Å². The lowest BCUT2D eigenvalue weighted by Crippen LogP contribution is -2.42. The summed E-state index contributed by atoms with van der Waals surface area (Å²) in [5.41, 5.74) is 13.2. The molecule has 2 aromatic carbocycles. The number of carbonyl (C=O) groups excluding carboxylic acids is 1. The highest BCUT2D eigenvalue weighted by Crippen LogP contribution is 2.35. The van der Waals surface area contributed by atoms with Crippen molar-refractivity contribution in [3.8, 4) is 0 Å². The number of amides is 1. The molecule has 0 spiro atoms. The number of aliphatic carboxylic acids is 2. The van der Waals surface area contributed by atoms with E-state index in [0.717, 1.165) is 0 Å². The molecule has 12 heteroatoms. The summed E-state index contributed by atoms with van der Waals surface area (Å²) in [6, 6.07) is 7.86. The van der Waals surface area contributed by atoms with Gasteiger partial charge in [0.2, 0.25) is 5.95 Å². The molecule has 1 amide bonds. The average Bonchev–Trinajstić information content (AvgIpc) is 2.69.